The number of hydrogen-bond acceptors (Lipinski definition) is 5. The topological polar surface area (TPSA) is 73.0 Å². The molecule has 5 nitrogen and oxygen atoms in total. The third-order valence-corrected chi connectivity index (χ3v) is 3.85. The van der Waals surface area contributed by atoms with Gasteiger partial charge in [0.15, 0.2) is 0 Å². The van der Waals surface area contributed by atoms with Crippen molar-refractivity contribution >= 4 is 5.69 Å². The third-order valence-electron chi connectivity index (χ3n) is 3.85. The summed E-state index contributed by atoms with van der Waals surface area (Å²) in [6.07, 6.45) is 0.606. The lowest BCUT2D eigenvalue weighted by atomic mass is 10.1. The minimum absolute atomic E-state index is 0.216. The predicted molar refractivity (Wildman–Crippen MR) is 80.4 cm³/mol. The predicted octanol–water partition coefficient (Wildman–Crippen LogP) is 0.302. The minimum Gasteiger partial charge on any atom is -0.399 e. The van der Waals surface area contributed by atoms with Crippen molar-refractivity contribution in [3.63, 3.8) is 0 Å². The van der Waals surface area contributed by atoms with Crippen molar-refractivity contribution in [1.29, 1.82) is 0 Å². The van der Waals surface area contributed by atoms with Gasteiger partial charge in [0.05, 0.1) is 12.7 Å². The van der Waals surface area contributed by atoms with E-state index in [4.69, 9.17) is 10.8 Å². The summed E-state index contributed by atoms with van der Waals surface area (Å²) in [4.78, 5) is 4.56. The second kappa shape index (κ2) is 7.59. The summed E-state index contributed by atoms with van der Waals surface area (Å²) >= 11 is 0. The monoisotopic (exact) mass is 279 g/mol. The first-order chi connectivity index (χ1) is 9.69. The van der Waals surface area contributed by atoms with Crippen LogP contribution in [0.1, 0.15) is 18.1 Å². The van der Waals surface area contributed by atoms with Gasteiger partial charge in [-0.05, 0) is 37.2 Å². The van der Waals surface area contributed by atoms with Crippen LogP contribution in [0.25, 0.3) is 0 Å². The van der Waals surface area contributed by atoms with E-state index in [-0.39, 0.29) is 6.61 Å². The fraction of sp³-hybridized carbons (Fsp3) is 0.600. The van der Waals surface area contributed by atoms with Crippen molar-refractivity contribution in [3.8, 4) is 0 Å². The van der Waals surface area contributed by atoms with Gasteiger partial charge in [0, 0.05) is 31.9 Å². The molecule has 5 heteroatoms. The zero-order chi connectivity index (χ0) is 14.4. The summed E-state index contributed by atoms with van der Waals surface area (Å²) in [7, 11) is 0. The molecule has 0 radical (unpaired) electrons. The molecule has 0 saturated carbocycles. The number of anilines is 1. The van der Waals surface area contributed by atoms with E-state index in [9.17, 15) is 5.11 Å². The van der Waals surface area contributed by atoms with Crippen LogP contribution in [0.4, 0.5) is 5.69 Å². The number of aliphatic hydroxyl groups excluding tert-OH is 2. The fourth-order valence-electron chi connectivity index (χ4n) is 2.64. The van der Waals surface area contributed by atoms with Gasteiger partial charge in [0.1, 0.15) is 0 Å². The molecule has 1 aromatic rings. The molecule has 1 saturated heterocycles. The Morgan fingerprint density at radius 1 is 1.05 bits per heavy atom. The van der Waals surface area contributed by atoms with E-state index in [2.05, 4.69) is 9.80 Å². The number of hydrogen-bond donors (Lipinski definition) is 3. The summed E-state index contributed by atoms with van der Waals surface area (Å²) in [5.74, 6) is 0. The first-order valence-electron chi connectivity index (χ1n) is 7.28. The van der Waals surface area contributed by atoms with Crippen LogP contribution in [0.15, 0.2) is 24.3 Å². The Labute approximate surface area is 120 Å². The van der Waals surface area contributed by atoms with Crippen molar-refractivity contribution in [1.82, 2.24) is 9.80 Å². The summed E-state index contributed by atoms with van der Waals surface area (Å²) in [6, 6.07) is 7.42. The molecule has 1 fully saturated rings. The van der Waals surface area contributed by atoms with Gasteiger partial charge in [-0.2, -0.15) is 0 Å². The van der Waals surface area contributed by atoms with E-state index in [0.29, 0.717) is 6.54 Å². The van der Waals surface area contributed by atoms with Gasteiger partial charge >= 0.3 is 0 Å². The number of β-amino-alcohol motifs (C(OH)–C–C–N with tert-alkyl or cyclic N) is 2. The molecule has 0 aromatic heterocycles. The highest BCUT2D eigenvalue weighted by atomic mass is 16.3. The summed E-state index contributed by atoms with van der Waals surface area (Å²) < 4.78 is 0. The highest BCUT2D eigenvalue weighted by Crippen LogP contribution is 2.17. The Morgan fingerprint density at radius 3 is 2.40 bits per heavy atom. The lowest BCUT2D eigenvalue weighted by Crippen LogP contribution is -2.34. The highest BCUT2D eigenvalue weighted by Gasteiger charge is 2.17. The molecular weight excluding hydrogens is 254 g/mol. The van der Waals surface area contributed by atoms with Crippen molar-refractivity contribution < 1.29 is 10.2 Å². The van der Waals surface area contributed by atoms with Gasteiger partial charge in [0.25, 0.3) is 0 Å². The number of nitrogens with zero attached hydrogens (tertiary/aromatic N) is 2. The minimum atomic E-state index is -0.472. The Kier molecular flexibility index (Phi) is 5.79. The first kappa shape index (κ1) is 15.3. The molecule has 20 heavy (non-hydrogen) atoms. The Bertz CT molecular complexity index is 397. The van der Waals surface area contributed by atoms with Gasteiger partial charge in [-0.1, -0.05) is 12.1 Å². The molecular formula is C15H25N3O2. The largest absolute Gasteiger partial charge is 0.399 e. The first-order valence-corrected chi connectivity index (χ1v) is 7.28. The molecule has 112 valence electrons. The Balaban J connectivity index is 1.85. The number of rotatable bonds is 5. The van der Waals surface area contributed by atoms with Crippen molar-refractivity contribution in [2.75, 3.05) is 51.6 Å². The summed E-state index contributed by atoms with van der Waals surface area (Å²) in [5.41, 5.74) is 7.29. The second-order valence-corrected chi connectivity index (χ2v) is 5.40. The van der Waals surface area contributed by atoms with Crippen LogP contribution in [-0.2, 0) is 0 Å². The SMILES string of the molecule is Nc1ccc(C(O)CN2CCCN(CCO)CC2)cc1. The molecule has 1 heterocycles. The highest BCUT2D eigenvalue weighted by molar-refractivity contribution is 5.39. The zero-order valence-electron chi connectivity index (χ0n) is 11.9. The van der Waals surface area contributed by atoms with Gasteiger partial charge < -0.3 is 15.9 Å². The molecule has 0 spiro atoms. The van der Waals surface area contributed by atoms with Crippen molar-refractivity contribution in [2.45, 2.75) is 12.5 Å². The normalized spacial score (nSPS) is 19.7. The van der Waals surface area contributed by atoms with Crippen molar-refractivity contribution in [2.24, 2.45) is 0 Å². The maximum absolute atomic E-state index is 10.3. The lowest BCUT2D eigenvalue weighted by Gasteiger charge is -2.24. The molecule has 0 bridgehead atoms. The molecule has 4 N–H and O–H groups in total. The molecule has 1 aromatic carbocycles. The van der Waals surface area contributed by atoms with E-state index >= 15 is 0 Å². The second-order valence-electron chi connectivity index (χ2n) is 5.40. The van der Waals surface area contributed by atoms with Gasteiger partial charge in [0.2, 0.25) is 0 Å². The van der Waals surface area contributed by atoms with Crippen LogP contribution in [0.2, 0.25) is 0 Å². The third kappa shape index (κ3) is 4.45. The average molecular weight is 279 g/mol. The smallest absolute Gasteiger partial charge is 0.0916 e. The van der Waals surface area contributed by atoms with Gasteiger partial charge in [-0.3, -0.25) is 9.80 Å². The molecule has 0 amide bonds. The van der Waals surface area contributed by atoms with Gasteiger partial charge in [-0.15, -0.1) is 0 Å². The zero-order valence-corrected chi connectivity index (χ0v) is 11.9. The van der Waals surface area contributed by atoms with E-state index < -0.39 is 6.10 Å². The summed E-state index contributed by atoms with van der Waals surface area (Å²) in [6.45, 7) is 5.52. The maximum Gasteiger partial charge on any atom is 0.0916 e. The number of nitrogen functional groups attached to an aromatic ring is 1. The quantitative estimate of drug-likeness (QED) is 0.676. The average Bonchev–Trinajstić information content (AvgIpc) is 2.66. The van der Waals surface area contributed by atoms with Crippen LogP contribution in [-0.4, -0.2) is 65.9 Å². The Hall–Kier alpha value is -1.14. The molecule has 0 aliphatic carbocycles. The standard InChI is InChI=1S/C15H25N3O2/c16-14-4-2-13(3-5-14)15(20)12-18-7-1-6-17(8-9-18)10-11-19/h2-5,15,19-20H,1,6-12,16H2. The lowest BCUT2D eigenvalue weighted by molar-refractivity contribution is 0.114. The number of benzene rings is 1. The molecule has 1 aliphatic rings. The number of aliphatic hydroxyl groups is 2. The Morgan fingerprint density at radius 2 is 1.70 bits per heavy atom. The van der Waals surface area contributed by atoms with E-state index in [1.54, 1.807) is 0 Å². The van der Waals surface area contributed by atoms with E-state index in [1.807, 2.05) is 24.3 Å². The van der Waals surface area contributed by atoms with Crippen LogP contribution >= 0.6 is 0 Å². The maximum atomic E-state index is 10.3. The van der Waals surface area contributed by atoms with Crippen LogP contribution < -0.4 is 5.73 Å². The van der Waals surface area contributed by atoms with Gasteiger partial charge in [-0.25, -0.2) is 0 Å². The van der Waals surface area contributed by atoms with Crippen molar-refractivity contribution in [3.05, 3.63) is 29.8 Å². The number of nitrogens with two attached hydrogens (primary N) is 1. The van der Waals surface area contributed by atoms with Crippen LogP contribution in [0.5, 0.6) is 0 Å². The van der Waals surface area contributed by atoms with E-state index in [1.165, 1.54) is 0 Å². The van der Waals surface area contributed by atoms with Crippen LogP contribution in [0, 0.1) is 0 Å². The fourth-order valence-corrected chi connectivity index (χ4v) is 2.64. The summed E-state index contributed by atoms with van der Waals surface area (Å²) in [5, 5.41) is 19.3. The molecule has 1 unspecified atom stereocenters. The molecule has 1 aliphatic heterocycles. The van der Waals surface area contributed by atoms with E-state index in [0.717, 1.165) is 50.4 Å². The molecule has 1 atom stereocenters. The molecule has 2 rings (SSSR count). The van der Waals surface area contributed by atoms with Crippen LogP contribution in [0.3, 0.4) is 0 Å².